The summed E-state index contributed by atoms with van der Waals surface area (Å²) >= 11 is 0. The Balaban J connectivity index is 1.98. The third-order valence-corrected chi connectivity index (χ3v) is 4.44. The molecule has 1 aliphatic heterocycles. The van der Waals surface area contributed by atoms with Gasteiger partial charge in [-0.25, -0.2) is 0 Å². The highest BCUT2D eigenvalue weighted by Crippen LogP contribution is 2.27. The van der Waals surface area contributed by atoms with Crippen LogP contribution in [0.25, 0.3) is 0 Å². The first-order valence-electron chi connectivity index (χ1n) is 7.70. The van der Waals surface area contributed by atoms with Crippen LogP contribution in [0.1, 0.15) is 31.4 Å². The lowest BCUT2D eigenvalue weighted by Crippen LogP contribution is -2.45. The van der Waals surface area contributed by atoms with E-state index in [4.69, 9.17) is 9.47 Å². The van der Waals surface area contributed by atoms with Crippen LogP contribution in [0.3, 0.4) is 0 Å². The summed E-state index contributed by atoms with van der Waals surface area (Å²) in [5.74, 6) is 1.39. The number of piperidine rings is 1. The van der Waals surface area contributed by atoms with E-state index in [0.717, 1.165) is 31.0 Å². The summed E-state index contributed by atoms with van der Waals surface area (Å²) < 4.78 is 10.4. The van der Waals surface area contributed by atoms with Crippen LogP contribution in [0.5, 0.6) is 5.75 Å². The molecular weight excluding hydrogens is 266 g/mol. The average Bonchev–Trinajstić information content (AvgIpc) is 2.54. The Bertz CT molecular complexity index is 419. The summed E-state index contributed by atoms with van der Waals surface area (Å²) in [6.45, 7) is 4.96. The molecule has 1 aliphatic rings. The Morgan fingerprint density at radius 1 is 1.29 bits per heavy atom. The molecule has 0 saturated carbocycles. The van der Waals surface area contributed by atoms with Crippen molar-refractivity contribution in [2.45, 2.75) is 31.9 Å². The van der Waals surface area contributed by atoms with E-state index in [0.29, 0.717) is 5.92 Å². The fraction of sp³-hybridized carbons (Fsp3) is 0.647. The van der Waals surface area contributed by atoms with E-state index in [2.05, 4.69) is 11.8 Å². The molecule has 1 N–H and O–H groups in total. The molecule has 21 heavy (non-hydrogen) atoms. The smallest absolute Gasteiger partial charge is 0.118 e. The van der Waals surface area contributed by atoms with Gasteiger partial charge in [0.05, 0.1) is 19.8 Å². The first-order chi connectivity index (χ1) is 10.2. The van der Waals surface area contributed by atoms with Crippen LogP contribution >= 0.6 is 0 Å². The van der Waals surface area contributed by atoms with Crippen molar-refractivity contribution in [2.24, 2.45) is 5.92 Å². The topological polar surface area (TPSA) is 41.9 Å². The minimum absolute atomic E-state index is 0.109. The third kappa shape index (κ3) is 4.19. The molecule has 0 aromatic heterocycles. The molecular formula is C17H27NO3. The molecule has 4 heteroatoms. The Labute approximate surface area is 127 Å². The van der Waals surface area contributed by atoms with Crippen molar-refractivity contribution in [3.8, 4) is 5.75 Å². The molecule has 2 rings (SSSR count). The fourth-order valence-electron chi connectivity index (χ4n) is 3.12. The molecule has 118 valence electrons. The summed E-state index contributed by atoms with van der Waals surface area (Å²) in [6, 6.07) is 7.79. The molecule has 1 aromatic rings. The largest absolute Gasteiger partial charge is 0.497 e. The number of likely N-dealkylation sites (tertiary alicyclic amines) is 1. The summed E-state index contributed by atoms with van der Waals surface area (Å²) in [6.07, 6.45) is 1.92. The second kappa shape index (κ2) is 7.78. The van der Waals surface area contributed by atoms with Gasteiger partial charge in [-0.1, -0.05) is 12.1 Å². The van der Waals surface area contributed by atoms with Gasteiger partial charge in [0.2, 0.25) is 0 Å². The predicted octanol–water partition coefficient (Wildman–Crippen LogP) is 2.48. The molecule has 1 aromatic carbocycles. The van der Waals surface area contributed by atoms with Gasteiger partial charge >= 0.3 is 0 Å². The Morgan fingerprint density at radius 2 is 2.00 bits per heavy atom. The van der Waals surface area contributed by atoms with Gasteiger partial charge in [-0.05, 0) is 49.9 Å². The summed E-state index contributed by atoms with van der Waals surface area (Å²) in [5.41, 5.74) is 0.942. The number of rotatable bonds is 6. The summed E-state index contributed by atoms with van der Waals surface area (Å²) in [5, 5.41) is 10.6. The molecule has 1 saturated heterocycles. The van der Waals surface area contributed by atoms with Gasteiger partial charge < -0.3 is 14.6 Å². The van der Waals surface area contributed by atoms with Crippen LogP contribution in [0.4, 0.5) is 0 Å². The lowest BCUT2D eigenvalue weighted by Gasteiger charge is -2.38. The SMILES string of the molecule is COCC1CCCN(C(C)C(O)c2ccc(OC)cc2)C1. The van der Waals surface area contributed by atoms with Crippen molar-refractivity contribution < 1.29 is 14.6 Å². The van der Waals surface area contributed by atoms with E-state index in [-0.39, 0.29) is 6.04 Å². The fourth-order valence-corrected chi connectivity index (χ4v) is 3.12. The first-order valence-corrected chi connectivity index (χ1v) is 7.70. The van der Waals surface area contributed by atoms with Gasteiger partial charge in [-0.2, -0.15) is 0 Å². The van der Waals surface area contributed by atoms with Crippen LogP contribution in [-0.4, -0.2) is 50.0 Å². The molecule has 1 fully saturated rings. The van der Waals surface area contributed by atoms with Gasteiger partial charge in [-0.3, -0.25) is 4.90 Å². The van der Waals surface area contributed by atoms with Gasteiger partial charge in [0, 0.05) is 19.7 Å². The zero-order valence-electron chi connectivity index (χ0n) is 13.3. The molecule has 0 aliphatic carbocycles. The van der Waals surface area contributed by atoms with Crippen molar-refractivity contribution in [2.75, 3.05) is 33.9 Å². The number of aliphatic hydroxyl groups excluding tert-OH is 1. The van der Waals surface area contributed by atoms with Gasteiger partial charge in [-0.15, -0.1) is 0 Å². The number of nitrogens with zero attached hydrogens (tertiary/aromatic N) is 1. The van der Waals surface area contributed by atoms with Crippen molar-refractivity contribution in [3.05, 3.63) is 29.8 Å². The van der Waals surface area contributed by atoms with E-state index in [9.17, 15) is 5.11 Å². The van der Waals surface area contributed by atoms with Crippen molar-refractivity contribution in [3.63, 3.8) is 0 Å². The second-order valence-electron chi connectivity index (χ2n) is 5.92. The minimum atomic E-state index is -0.475. The van der Waals surface area contributed by atoms with Gasteiger partial charge in [0.1, 0.15) is 5.75 Å². The van der Waals surface area contributed by atoms with Crippen molar-refractivity contribution in [1.29, 1.82) is 0 Å². The lowest BCUT2D eigenvalue weighted by atomic mass is 9.95. The van der Waals surface area contributed by atoms with Crippen molar-refractivity contribution >= 4 is 0 Å². The van der Waals surface area contributed by atoms with Crippen LogP contribution in [0.15, 0.2) is 24.3 Å². The number of hydrogen-bond acceptors (Lipinski definition) is 4. The zero-order chi connectivity index (χ0) is 15.2. The quantitative estimate of drug-likeness (QED) is 0.875. The molecule has 0 radical (unpaired) electrons. The van der Waals surface area contributed by atoms with Crippen molar-refractivity contribution in [1.82, 2.24) is 4.90 Å². The van der Waals surface area contributed by atoms with E-state index >= 15 is 0 Å². The predicted molar refractivity (Wildman–Crippen MR) is 83.6 cm³/mol. The Kier molecular flexibility index (Phi) is 6.03. The van der Waals surface area contributed by atoms with Crippen LogP contribution < -0.4 is 4.74 Å². The number of aliphatic hydroxyl groups is 1. The molecule has 3 unspecified atom stereocenters. The van der Waals surface area contributed by atoms with E-state index in [1.165, 1.54) is 12.8 Å². The highest BCUT2D eigenvalue weighted by molar-refractivity contribution is 5.29. The zero-order valence-corrected chi connectivity index (χ0v) is 13.3. The maximum absolute atomic E-state index is 10.6. The van der Waals surface area contributed by atoms with E-state index in [1.807, 2.05) is 24.3 Å². The molecule has 1 heterocycles. The first kappa shape index (κ1) is 16.3. The van der Waals surface area contributed by atoms with Crippen LogP contribution in [0, 0.1) is 5.92 Å². The van der Waals surface area contributed by atoms with Crippen LogP contribution in [0.2, 0.25) is 0 Å². The average molecular weight is 293 g/mol. The highest BCUT2D eigenvalue weighted by atomic mass is 16.5. The number of hydrogen-bond donors (Lipinski definition) is 1. The highest BCUT2D eigenvalue weighted by Gasteiger charge is 2.28. The molecule has 3 atom stereocenters. The second-order valence-corrected chi connectivity index (χ2v) is 5.92. The van der Waals surface area contributed by atoms with E-state index in [1.54, 1.807) is 14.2 Å². The standard InChI is InChI=1S/C17H27NO3/c1-13(18-10-4-5-14(11-18)12-20-2)17(19)15-6-8-16(21-3)9-7-15/h6-9,13-14,17,19H,4-5,10-12H2,1-3H3. The lowest BCUT2D eigenvalue weighted by molar-refractivity contribution is 0.0167. The Morgan fingerprint density at radius 3 is 2.62 bits per heavy atom. The maximum atomic E-state index is 10.6. The van der Waals surface area contributed by atoms with Gasteiger partial charge in [0.25, 0.3) is 0 Å². The minimum Gasteiger partial charge on any atom is -0.497 e. The number of benzene rings is 1. The monoisotopic (exact) mass is 293 g/mol. The maximum Gasteiger partial charge on any atom is 0.118 e. The van der Waals surface area contributed by atoms with E-state index < -0.39 is 6.10 Å². The molecule has 4 nitrogen and oxygen atoms in total. The van der Waals surface area contributed by atoms with Gasteiger partial charge in [0.15, 0.2) is 0 Å². The number of methoxy groups -OCH3 is 2. The molecule has 0 bridgehead atoms. The third-order valence-electron chi connectivity index (χ3n) is 4.44. The number of ether oxygens (including phenoxy) is 2. The van der Waals surface area contributed by atoms with Crippen LogP contribution in [-0.2, 0) is 4.74 Å². The summed E-state index contributed by atoms with van der Waals surface area (Å²) in [7, 11) is 3.41. The molecule has 0 amide bonds. The molecule has 0 spiro atoms. The summed E-state index contributed by atoms with van der Waals surface area (Å²) in [4.78, 5) is 2.38. The normalized spacial score (nSPS) is 22.8. The Hall–Kier alpha value is -1.10.